The summed E-state index contributed by atoms with van der Waals surface area (Å²) in [6.07, 6.45) is 2.51. The van der Waals surface area contributed by atoms with E-state index in [9.17, 15) is 9.18 Å². The van der Waals surface area contributed by atoms with E-state index in [-0.39, 0.29) is 17.6 Å². The Morgan fingerprint density at radius 1 is 1.62 bits per heavy atom. The first-order valence-corrected chi connectivity index (χ1v) is 7.01. The van der Waals surface area contributed by atoms with E-state index in [2.05, 4.69) is 11.4 Å². The Bertz CT molecular complexity index is 565. The highest BCUT2D eigenvalue weighted by molar-refractivity contribution is 5.97. The zero-order valence-corrected chi connectivity index (χ0v) is 12.0. The van der Waals surface area contributed by atoms with Gasteiger partial charge in [-0.2, -0.15) is 5.26 Å². The van der Waals surface area contributed by atoms with Crippen LogP contribution in [0, 0.1) is 17.1 Å². The lowest BCUT2D eigenvalue weighted by Crippen LogP contribution is -2.43. The molecule has 0 aromatic heterocycles. The molecule has 0 heterocycles. The normalized spacial score (nSPS) is 15.5. The number of rotatable bonds is 6. The minimum absolute atomic E-state index is 0.196. The monoisotopic (exact) mass is 290 g/mol. The van der Waals surface area contributed by atoms with Crippen molar-refractivity contribution in [3.63, 3.8) is 0 Å². The van der Waals surface area contributed by atoms with Crippen LogP contribution in [0.2, 0.25) is 0 Å². The van der Waals surface area contributed by atoms with E-state index >= 15 is 0 Å². The van der Waals surface area contributed by atoms with Gasteiger partial charge in [0.05, 0.1) is 23.5 Å². The van der Waals surface area contributed by atoms with Crippen LogP contribution in [0.25, 0.3) is 0 Å². The van der Waals surface area contributed by atoms with Crippen molar-refractivity contribution in [1.82, 2.24) is 4.90 Å². The molecule has 3 N–H and O–H groups in total. The van der Waals surface area contributed by atoms with Crippen LogP contribution in [0.4, 0.5) is 15.8 Å². The molecule has 1 unspecified atom stereocenters. The van der Waals surface area contributed by atoms with E-state index in [1.54, 1.807) is 0 Å². The van der Waals surface area contributed by atoms with Gasteiger partial charge in [-0.15, -0.1) is 0 Å². The number of benzene rings is 1. The largest absolute Gasteiger partial charge is 0.397 e. The molecule has 2 rings (SSSR count). The summed E-state index contributed by atoms with van der Waals surface area (Å²) in [5, 5.41) is 11.4. The number of nitrogen functional groups attached to an aromatic ring is 1. The zero-order chi connectivity index (χ0) is 15.4. The molecular formula is C15H19FN4O. The molecule has 1 amide bonds. The molecule has 6 heteroatoms. The van der Waals surface area contributed by atoms with E-state index in [1.165, 1.54) is 18.2 Å². The van der Waals surface area contributed by atoms with E-state index in [1.807, 2.05) is 11.8 Å². The first kappa shape index (κ1) is 15.3. The van der Waals surface area contributed by atoms with Gasteiger partial charge in [0.2, 0.25) is 5.91 Å². The lowest BCUT2D eigenvalue weighted by Gasteiger charge is -2.27. The molecule has 0 radical (unpaired) electrons. The van der Waals surface area contributed by atoms with Crippen LogP contribution in [0.15, 0.2) is 18.2 Å². The number of hydrogen-bond donors (Lipinski definition) is 2. The number of nitrogens with zero attached hydrogens (tertiary/aromatic N) is 2. The number of nitriles is 1. The van der Waals surface area contributed by atoms with Crippen molar-refractivity contribution in [3.05, 3.63) is 24.0 Å². The topological polar surface area (TPSA) is 82.2 Å². The third-order valence-electron chi connectivity index (χ3n) is 3.65. The number of halogens is 1. The standard InChI is InChI=1S/C15H19FN4O/c1-10(20(8-2-7-17)12-4-5-12)15(21)19-14-6-3-11(16)9-13(14)18/h3,6,9-10,12H,2,4-5,8,18H2,1H3,(H,19,21). The van der Waals surface area contributed by atoms with Crippen molar-refractivity contribution in [1.29, 1.82) is 5.26 Å². The summed E-state index contributed by atoms with van der Waals surface area (Å²) in [5.74, 6) is -0.634. The van der Waals surface area contributed by atoms with Crippen LogP contribution in [0.3, 0.4) is 0 Å². The molecule has 1 aliphatic carbocycles. The number of carbonyl (C=O) groups excluding carboxylic acids is 1. The minimum atomic E-state index is -0.438. The second-order valence-electron chi connectivity index (χ2n) is 5.27. The smallest absolute Gasteiger partial charge is 0.241 e. The summed E-state index contributed by atoms with van der Waals surface area (Å²) in [5.41, 5.74) is 6.29. The molecule has 5 nitrogen and oxygen atoms in total. The fraction of sp³-hybridized carbons (Fsp3) is 0.467. The van der Waals surface area contributed by atoms with E-state index in [0.717, 1.165) is 12.8 Å². The Labute approximate surface area is 123 Å². The fourth-order valence-corrected chi connectivity index (χ4v) is 2.31. The number of nitrogens with one attached hydrogen (secondary N) is 1. The lowest BCUT2D eigenvalue weighted by atomic mass is 10.2. The highest BCUT2D eigenvalue weighted by Crippen LogP contribution is 2.29. The van der Waals surface area contributed by atoms with E-state index in [4.69, 9.17) is 11.0 Å². The maximum absolute atomic E-state index is 13.0. The fourth-order valence-electron chi connectivity index (χ4n) is 2.31. The van der Waals surface area contributed by atoms with Gasteiger partial charge in [-0.05, 0) is 38.0 Å². The van der Waals surface area contributed by atoms with Crippen LogP contribution in [0.1, 0.15) is 26.2 Å². The molecule has 1 aromatic carbocycles. The van der Waals surface area contributed by atoms with Gasteiger partial charge < -0.3 is 11.1 Å². The second-order valence-corrected chi connectivity index (χ2v) is 5.27. The molecular weight excluding hydrogens is 271 g/mol. The number of hydrogen-bond acceptors (Lipinski definition) is 4. The molecule has 0 saturated heterocycles. The summed E-state index contributed by atoms with van der Waals surface area (Å²) in [6.45, 7) is 2.39. The maximum atomic E-state index is 13.0. The zero-order valence-electron chi connectivity index (χ0n) is 12.0. The number of anilines is 2. The van der Waals surface area contributed by atoms with Crippen molar-refractivity contribution in [2.45, 2.75) is 38.3 Å². The minimum Gasteiger partial charge on any atom is -0.397 e. The van der Waals surface area contributed by atoms with Gasteiger partial charge >= 0.3 is 0 Å². The molecule has 112 valence electrons. The molecule has 21 heavy (non-hydrogen) atoms. The average Bonchev–Trinajstić information content (AvgIpc) is 3.26. The summed E-state index contributed by atoms with van der Waals surface area (Å²) in [4.78, 5) is 14.3. The van der Waals surface area contributed by atoms with Gasteiger partial charge in [-0.1, -0.05) is 0 Å². The molecule has 1 aromatic rings. The molecule has 1 atom stereocenters. The summed E-state index contributed by atoms with van der Waals surface area (Å²) < 4.78 is 13.0. The van der Waals surface area contributed by atoms with Gasteiger partial charge in [-0.3, -0.25) is 9.69 Å². The van der Waals surface area contributed by atoms with E-state index in [0.29, 0.717) is 24.7 Å². The van der Waals surface area contributed by atoms with Crippen molar-refractivity contribution in [2.75, 3.05) is 17.6 Å². The predicted molar refractivity (Wildman–Crippen MR) is 78.9 cm³/mol. The first-order valence-electron chi connectivity index (χ1n) is 7.01. The van der Waals surface area contributed by atoms with Gasteiger partial charge in [0.1, 0.15) is 5.82 Å². The van der Waals surface area contributed by atoms with Gasteiger partial charge in [0.15, 0.2) is 0 Å². The van der Waals surface area contributed by atoms with Crippen LogP contribution in [-0.2, 0) is 4.79 Å². The Hall–Kier alpha value is -2.13. The van der Waals surface area contributed by atoms with Crippen molar-refractivity contribution >= 4 is 17.3 Å². The number of amides is 1. The second kappa shape index (κ2) is 6.55. The van der Waals surface area contributed by atoms with Crippen molar-refractivity contribution in [3.8, 4) is 6.07 Å². The van der Waals surface area contributed by atoms with Crippen molar-refractivity contribution < 1.29 is 9.18 Å². The lowest BCUT2D eigenvalue weighted by molar-refractivity contribution is -0.121. The highest BCUT2D eigenvalue weighted by atomic mass is 19.1. The van der Waals surface area contributed by atoms with Crippen molar-refractivity contribution in [2.24, 2.45) is 0 Å². The molecule has 0 spiro atoms. The Balaban J connectivity index is 2.02. The maximum Gasteiger partial charge on any atom is 0.241 e. The van der Waals surface area contributed by atoms with E-state index < -0.39 is 5.82 Å². The Morgan fingerprint density at radius 2 is 2.33 bits per heavy atom. The SMILES string of the molecule is CC(C(=O)Nc1ccc(F)cc1N)N(CCC#N)C1CC1. The van der Waals surface area contributed by atoms with Crippen LogP contribution < -0.4 is 11.1 Å². The summed E-state index contributed by atoms with van der Waals surface area (Å²) in [7, 11) is 0. The average molecular weight is 290 g/mol. The van der Waals surface area contributed by atoms with Crippen LogP contribution >= 0.6 is 0 Å². The molecule has 0 aliphatic heterocycles. The van der Waals surface area contributed by atoms with Gasteiger partial charge in [0, 0.05) is 19.0 Å². The van der Waals surface area contributed by atoms with Gasteiger partial charge in [0.25, 0.3) is 0 Å². The Morgan fingerprint density at radius 3 is 2.90 bits per heavy atom. The highest BCUT2D eigenvalue weighted by Gasteiger charge is 2.34. The van der Waals surface area contributed by atoms with Crippen LogP contribution in [-0.4, -0.2) is 29.4 Å². The summed E-state index contributed by atoms with van der Waals surface area (Å²) in [6, 6.07) is 6.01. The third kappa shape index (κ3) is 3.92. The predicted octanol–water partition coefficient (Wildman–Crippen LogP) is 2.11. The Kier molecular flexibility index (Phi) is 4.76. The summed E-state index contributed by atoms with van der Waals surface area (Å²) >= 11 is 0. The number of carbonyl (C=O) groups is 1. The van der Waals surface area contributed by atoms with Gasteiger partial charge in [-0.25, -0.2) is 4.39 Å². The molecule has 1 aliphatic rings. The quantitative estimate of drug-likeness (QED) is 0.786. The number of nitrogens with two attached hydrogens (primary N) is 1. The molecule has 1 saturated carbocycles. The first-order chi connectivity index (χ1) is 10.0. The molecule has 0 bridgehead atoms. The third-order valence-corrected chi connectivity index (χ3v) is 3.65. The van der Waals surface area contributed by atoms with Crippen LogP contribution in [0.5, 0.6) is 0 Å². The molecule has 1 fully saturated rings.